The van der Waals surface area contributed by atoms with Gasteiger partial charge in [0.1, 0.15) is 42.4 Å². The SMILES string of the molecule is C=C(Br)CC(CC[C@@]12CC3OC4C(O1)[C@H]1OC(CC(=O)CC5[C@H](CC6OC(CCCO[Si](CC)(CC)CC)CC(C)C6=C)O[C@H](CC(CO[Si](C)(C)C(C)(C)C)O[Si](C)(C)C(C)(C)C)[C@@H]5OC)CCC1O[C@H]4C3O2)OC(=O)c1ccccc1. The molecule has 8 aliphatic rings. The van der Waals surface area contributed by atoms with Gasteiger partial charge in [-0.05, 0) is 121 Å². The molecule has 0 aliphatic carbocycles. The van der Waals surface area contributed by atoms with Gasteiger partial charge in [-0.1, -0.05) is 117 Å². The Balaban J connectivity index is 0.982. The molecule has 1 aromatic carbocycles. The zero-order valence-corrected chi connectivity index (χ0v) is 58.0. The maximum atomic E-state index is 15.0. The van der Waals surface area contributed by atoms with E-state index in [1.807, 2.05) is 18.2 Å². The summed E-state index contributed by atoms with van der Waals surface area (Å²) in [5.41, 5.74) is 1.57. The molecule has 0 N–H and O–H groups in total. The normalized spacial score (nSPS) is 34.4. The fourth-order valence-corrected chi connectivity index (χ4v) is 19.2. The zero-order chi connectivity index (χ0) is 60.5. The van der Waals surface area contributed by atoms with E-state index in [0.717, 1.165) is 60.5 Å². The summed E-state index contributed by atoms with van der Waals surface area (Å²) in [7, 11) is -4.35. The van der Waals surface area contributed by atoms with Crippen LogP contribution in [0.15, 0.2) is 53.5 Å². The fraction of sp³-hybridized carbons (Fsp3) is 0.815. The summed E-state index contributed by atoms with van der Waals surface area (Å²) >= 11 is 3.51. The molecule has 9 rings (SSSR count). The van der Waals surface area contributed by atoms with Gasteiger partial charge in [0.05, 0.1) is 67.1 Å². The van der Waals surface area contributed by atoms with Crippen molar-refractivity contribution < 1.29 is 65.5 Å². The monoisotopic (exact) mass is 1270 g/mol. The van der Waals surface area contributed by atoms with Crippen LogP contribution >= 0.6 is 15.9 Å². The second kappa shape index (κ2) is 27.7. The highest BCUT2D eigenvalue weighted by Gasteiger charge is 2.69. The van der Waals surface area contributed by atoms with E-state index in [4.69, 9.17) is 55.9 Å². The molecule has 0 radical (unpaired) electrons. The summed E-state index contributed by atoms with van der Waals surface area (Å²) in [6, 6.07) is 12.5. The van der Waals surface area contributed by atoms with Gasteiger partial charge in [0.15, 0.2) is 30.7 Å². The number of ether oxygens (including phenoxy) is 9. The number of rotatable bonds is 29. The Kier molecular flexibility index (Phi) is 22.5. The smallest absolute Gasteiger partial charge is 0.338 e. The predicted octanol–water partition coefficient (Wildman–Crippen LogP) is 14.3. The summed E-state index contributed by atoms with van der Waals surface area (Å²) in [4.78, 5) is 28.2. The highest BCUT2D eigenvalue weighted by Crippen LogP contribution is 2.54. The Morgan fingerprint density at radius 3 is 2.10 bits per heavy atom. The molecule has 8 saturated heterocycles. The second-order valence-electron chi connectivity index (χ2n) is 28.8. The van der Waals surface area contributed by atoms with Crippen LogP contribution in [0.1, 0.15) is 163 Å². The van der Waals surface area contributed by atoms with Crippen LogP contribution in [0.5, 0.6) is 0 Å². The van der Waals surface area contributed by atoms with Crippen molar-refractivity contribution in [3.05, 3.63) is 59.1 Å². The summed E-state index contributed by atoms with van der Waals surface area (Å²) in [5, 5.41) is 0.00586. The number of carbonyl (C=O) groups excluding carboxylic acids is 2. The van der Waals surface area contributed by atoms with Crippen molar-refractivity contribution in [3.63, 3.8) is 0 Å². The molecule has 0 amide bonds. The van der Waals surface area contributed by atoms with E-state index in [9.17, 15) is 9.59 Å². The molecule has 83 heavy (non-hydrogen) atoms. The second-order valence-corrected chi connectivity index (χ2v) is 44.2. The van der Waals surface area contributed by atoms with Gasteiger partial charge in [-0.15, -0.1) is 0 Å². The molecule has 1 aromatic rings. The molecular weight excluding hydrogens is 1170 g/mol. The number of benzene rings is 1. The number of hydrogen-bond acceptors (Lipinski definition) is 14. The van der Waals surface area contributed by atoms with Gasteiger partial charge in [0.25, 0.3) is 0 Å². The minimum atomic E-state index is -2.28. The average molecular weight is 1280 g/mol. The van der Waals surface area contributed by atoms with E-state index in [1.165, 1.54) is 0 Å². The maximum Gasteiger partial charge on any atom is 0.338 e. The summed E-state index contributed by atoms with van der Waals surface area (Å²) in [6.07, 6.45) is 3.17. The fourth-order valence-electron chi connectivity index (χ4n) is 13.8. The number of esters is 1. The molecular formula is C65H107BrO14Si3. The number of Topliss-reactive ketones (excluding diaryl/α,β-unsaturated/α-hetero) is 1. The predicted molar refractivity (Wildman–Crippen MR) is 335 cm³/mol. The topological polar surface area (TPSA) is 145 Å². The van der Waals surface area contributed by atoms with Crippen LogP contribution < -0.4 is 0 Å². The van der Waals surface area contributed by atoms with Crippen molar-refractivity contribution in [1.82, 2.24) is 0 Å². The lowest BCUT2D eigenvalue weighted by Crippen LogP contribution is -2.61. The van der Waals surface area contributed by atoms with Crippen molar-refractivity contribution in [1.29, 1.82) is 0 Å². The van der Waals surface area contributed by atoms with E-state index in [2.05, 4.69) is 125 Å². The van der Waals surface area contributed by atoms with Crippen LogP contribution in [-0.4, -0.2) is 154 Å². The zero-order valence-electron chi connectivity index (χ0n) is 53.4. The molecule has 8 aliphatic heterocycles. The van der Waals surface area contributed by atoms with Gasteiger partial charge in [-0.2, -0.15) is 0 Å². The maximum absolute atomic E-state index is 15.0. The number of carbonyl (C=O) groups is 2. The van der Waals surface area contributed by atoms with Crippen LogP contribution in [0.3, 0.4) is 0 Å². The minimum Gasteiger partial charge on any atom is -0.458 e. The van der Waals surface area contributed by atoms with Crippen LogP contribution in [0.25, 0.3) is 0 Å². The highest BCUT2D eigenvalue weighted by atomic mass is 79.9. The van der Waals surface area contributed by atoms with Crippen molar-refractivity contribution in [2.75, 3.05) is 20.3 Å². The molecule has 6 bridgehead atoms. The molecule has 0 saturated carbocycles. The third kappa shape index (κ3) is 15.9. The standard InChI is InChI=1S/C65H107BrO14Si3/c1-18-83(19-2,20-3)70-32-24-27-46-33-41(4)43(6)52(72-46)38-53-50(56(69-13)54(75-53)37-49(80-82(16,17)64(10,11)12)40-71-81(14,15)63(7,8)9)36-45(67)35-47-28-29-51-57(73-47)61-60-59(76-51)58-55(77-60)39-65(78-58,79-61)31-30-48(34-42(5)66)74-62(68)44-25-22-21-23-26-44/h21-23,25-26,41,46-61H,5-6,18-20,24,27-40H2,1-4,7-17H3/t41?,46?,47?,48?,49?,50?,51?,52?,53-,54+,55?,56+,57-,58?,59-,60?,61?,65-/m0/s1. The lowest BCUT2D eigenvalue weighted by Gasteiger charge is -2.47. The summed E-state index contributed by atoms with van der Waals surface area (Å²) < 4.78 is 83.3. The molecule has 470 valence electrons. The van der Waals surface area contributed by atoms with E-state index in [0.29, 0.717) is 57.1 Å². The van der Waals surface area contributed by atoms with Gasteiger partial charge in [-0.3, -0.25) is 4.79 Å². The van der Waals surface area contributed by atoms with Crippen LogP contribution in [0.2, 0.25) is 54.4 Å². The minimum absolute atomic E-state index is 0.0211. The van der Waals surface area contributed by atoms with Crippen LogP contribution in [0, 0.1) is 11.8 Å². The van der Waals surface area contributed by atoms with Gasteiger partial charge in [0, 0.05) is 64.6 Å². The highest BCUT2D eigenvalue weighted by molar-refractivity contribution is 9.11. The van der Waals surface area contributed by atoms with E-state index in [1.54, 1.807) is 19.2 Å². The largest absolute Gasteiger partial charge is 0.458 e. The number of ketones is 1. The van der Waals surface area contributed by atoms with Crippen molar-refractivity contribution >= 4 is 52.6 Å². The Morgan fingerprint density at radius 2 is 1.45 bits per heavy atom. The quantitative estimate of drug-likeness (QED) is 0.0325. The molecule has 18 heteroatoms. The average Bonchev–Trinajstić information content (AvgIpc) is 1.66. The first-order chi connectivity index (χ1) is 39.0. The van der Waals surface area contributed by atoms with Crippen molar-refractivity contribution in [3.8, 4) is 0 Å². The van der Waals surface area contributed by atoms with E-state index in [-0.39, 0.29) is 120 Å². The molecule has 14 nitrogen and oxygen atoms in total. The summed E-state index contributed by atoms with van der Waals surface area (Å²) in [5.74, 6) is -1.25. The van der Waals surface area contributed by atoms with E-state index < -0.39 is 49.1 Å². The lowest BCUT2D eigenvalue weighted by molar-refractivity contribution is -0.292. The third-order valence-electron chi connectivity index (χ3n) is 21.1. The van der Waals surface area contributed by atoms with Crippen molar-refractivity contribution in [2.24, 2.45) is 11.8 Å². The first-order valence-corrected chi connectivity index (χ1v) is 41.1. The van der Waals surface area contributed by atoms with Crippen LogP contribution in [-0.2, 0) is 60.7 Å². The van der Waals surface area contributed by atoms with Crippen molar-refractivity contribution in [2.45, 2.75) is 304 Å². The summed E-state index contributed by atoms with van der Waals surface area (Å²) in [6.45, 7) is 41.9. The Hall–Kier alpha value is -1.47. The molecule has 0 aromatic heterocycles. The molecule has 18 atom stereocenters. The lowest BCUT2D eigenvalue weighted by atomic mass is 9.81. The third-order valence-corrected chi connectivity index (χ3v) is 35.1. The first kappa shape index (κ1) is 67.5. The molecule has 12 unspecified atom stereocenters. The Labute approximate surface area is 511 Å². The Bertz CT molecular complexity index is 2330. The Morgan fingerprint density at radius 1 is 0.783 bits per heavy atom. The van der Waals surface area contributed by atoms with E-state index >= 15 is 0 Å². The molecule has 0 spiro atoms. The number of hydrogen-bond donors (Lipinski definition) is 0. The number of methoxy groups -OCH3 is 1. The first-order valence-electron chi connectivity index (χ1n) is 31.9. The van der Waals surface area contributed by atoms with Crippen LogP contribution in [0.4, 0.5) is 0 Å². The molecule has 8 fully saturated rings. The van der Waals surface area contributed by atoms with Gasteiger partial charge >= 0.3 is 5.97 Å². The number of halogens is 1. The number of fused-ring (bicyclic) bond motifs is 1. The van der Waals surface area contributed by atoms with Gasteiger partial charge in [-0.25, -0.2) is 4.79 Å². The molecule has 8 heterocycles. The van der Waals surface area contributed by atoms with Gasteiger partial charge < -0.3 is 55.9 Å². The van der Waals surface area contributed by atoms with Gasteiger partial charge in [0.2, 0.25) is 0 Å².